The standard InChI is InChI=1S/C19H16ClFN2O2/c20-16-5-1-15(18(21)9-16)11-23-10-14(4-8-19(23)24)13-2-6-17(7-3-13)25-12-22/h1-10H,11-12,22H2. The Bertz CT molecular complexity index is 939. The average molecular weight is 359 g/mol. The minimum Gasteiger partial charge on any atom is -0.479 e. The number of ether oxygens (including phenoxy) is 1. The number of hydrogen-bond acceptors (Lipinski definition) is 3. The second-order valence-electron chi connectivity index (χ2n) is 5.46. The number of hydrogen-bond donors (Lipinski definition) is 1. The normalized spacial score (nSPS) is 10.7. The first-order chi connectivity index (χ1) is 12.1. The molecule has 2 aromatic carbocycles. The van der Waals surface area contributed by atoms with E-state index in [1.807, 2.05) is 12.1 Å². The van der Waals surface area contributed by atoms with Gasteiger partial charge >= 0.3 is 0 Å². The lowest BCUT2D eigenvalue weighted by atomic mass is 10.1. The number of nitrogens with two attached hydrogens (primary N) is 1. The van der Waals surface area contributed by atoms with Gasteiger partial charge in [0.1, 0.15) is 18.3 Å². The predicted octanol–water partition coefficient (Wildman–Crippen LogP) is 3.65. The molecule has 0 bridgehead atoms. The van der Waals surface area contributed by atoms with Gasteiger partial charge in [0.05, 0.1) is 6.54 Å². The summed E-state index contributed by atoms with van der Waals surface area (Å²) in [6.07, 6.45) is 1.70. The fourth-order valence-electron chi connectivity index (χ4n) is 2.50. The van der Waals surface area contributed by atoms with Crippen molar-refractivity contribution in [2.45, 2.75) is 6.54 Å². The van der Waals surface area contributed by atoms with Crippen LogP contribution in [0.2, 0.25) is 5.02 Å². The topological polar surface area (TPSA) is 57.2 Å². The Morgan fingerprint density at radius 2 is 1.76 bits per heavy atom. The molecule has 128 valence electrons. The number of nitrogens with zero attached hydrogens (tertiary/aromatic N) is 1. The largest absolute Gasteiger partial charge is 0.479 e. The zero-order valence-electron chi connectivity index (χ0n) is 13.3. The molecular weight excluding hydrogens is 343 g/mol. The van der Waals surface area contributed by atoms with E-state index in [4.69, 9.17) is 22.1 Å². The Balaban J connectivity index is 1.91. The van der Waals surface area contributed by atoms with Crippen LogP contribution in [-0.4, -0.2) is 11.3 Å². The molecule has 3 rings (SSSR count). The first kappa shape index (κ1) is 17.2. The molecule has 0 radical (unpaired) electrons. The van der Waals surface area contributed by atoms with Crippen LogP contribution in [0.5, 0.6) is 5.75 Å². The summed E-state index contributed by atoms with van der Waals surface area (Å²) in [6.45, 7) is 0.237. The van der Waals surface area contributed by atoms with Crippen LogP contribution in [0.1, 0.15) is 5.56 Å². The van der Waals surface area contributed by atoms with Gasteiger partial charge in [-0.05, 0) is 41.5 Å². The monoisotopic (exact) mass is 358 g/mol. The average Bonchev–Trinajstić information content (AvgIpc) is 2.60. The van der Waals surface area contributed by atoms with Crippen LogP contribution in [-0.2, 0) is 6.54 Å². The van der Waals surface area contributed by atoms with Crippen molar-refractivity contribution in [3.05, 3.63) is 87.6 Å². The summed E-state index contributed by atoms with van der Waals surface area (Å²) >= 11 is 5.77. The lowest BCUT2D eigenvalue weighted by Gasteiger charge is -2.10. The van der Waals surface area contributed by atoms with Gasteiger partial charge in [0.25, 0.3) is 5.56 Å². The summed E-state index contributed by atoms with van der Waals surface area (Å²) in [4.78, 5) is 12.1. The zero-order valence-corrected chi connectivity index (χ0v) is 14.0. The summed E-state index contributed by atoms with van der Waals surface area (Å²) in [6, 6.07) is 15.0. The molecule has 25 heavy (non-hydrogen) atoms. The second-order valence-corrected chi connectivity index (χ2v) is 5.89. The molecule has 0 unspecified atom stereocenters. The third kappa shape index (κ3) is 4.07. The summed E-state index contributed by atoms with van der Waals surface area (Å²) in [7, 11) is 0. The van der Waals surface area contributed by atoms with Gasteiger partial charge in [0.2, 0.25) is 0 Å². The maximum Gasteiger partial charge on any atom is 0.250 e. The third-order valence-corrected chi connectivity index (χ3v) is 4.01. The van der Waals surface area contributed by atoms with Gasteiger partial charge in [-0.3, -0.25) is 10.5 Å². The molecular formula is C19H16ClFN2O2. The summed E-state index contributed by atoms with van der Waals surface area (Å²) in [5.74, 6) is 0.232. The van der Waals surface area contributed by atoms with Gasteiger partial charge in [-0.1, -0.05) is 29.8 Å². The summed E-state index contributed by atoms with van der Waals surface area (Å²) in [5, 5.41) is 0.321. The number of benzene rings is 2. The first-order valence-corrected chi connectivity index (χ1v) is 8.02. The van der Waals surface area contributed by atoms with Gasteiger partial charge in [0.15, 0.2) is 0 Å². The SMILES string of the molecule is NCOc1ccc(-c2ccc(=O)n(Cc3ccc(Cl)cc3F)c2)cc1. The highest BCUT2D eigenvalue weighted by atomic mass is 35.5. The van der Waals surface area contributed by atoms with Crippen LogP contribution < -0.4 is 16.0 Å². The van der Waals surface area contributed by atoms with Crippen LogP contribution in [0.15, 0.2) is 65.6 Å². The van der Waals surface area contributed by atoms with Crippen molar-refractivity contribution >= 4 is 11.6 Å². The number of rotatable bonds is 5. The van der Waals surface area contributed by atoms with Crippen LogP contribution in [0, 0.1) is 5.82 Å². The van der Waals surface area contributed by atoms with Gasteiger partial charge in [-0.15, -0.1) is 0 Å². The molecule has 0 spiro atoms. The van der Waals surface area contributed by atoms with E-state index >= 15 is 0 Å². The van der Waals surface area contributed by atoms with E-state index in [0.717, 1.165) is 11.1 Å². The maximum absolute atomic E-state index is 14.0. The molecule has 0 aliphatic heterocycles. The third-order valence-electron chi connectivity index (χ3n) is 3.78. The molecule has 0 atom stereocenters. The lowest BCUT2D eigenvalue weighted by molar-refractivity contribution is 0.330. The Morgan fingerprint density at radius 1 is 1.04 bits per heavy atom. The van der Waals surface area contributed by atoms with Gasteiger partial charge in [-0.25, -0.2) is 4.39 Å². The van der Waals surface area contributed by atoms with Crippen molar-refractivity contribution in [3.63, 3.8) is 0 Å². The minimum absolute atomic E-state index is 0.108. The molecule has 0 saturated carbocycles. The number of aromatic nitrogens is 1. The molecule has 2 N–H and O–H groups in total. The van der Waals surface area contributed by atoms with Crippen molar-refractivity contribution in [3.8, 4) is 16.9 Å². The Labute approximate surface area is 149 Å². The molecule has 3 aromatic rings. The lowest BCUT2D eigenvalue weighted by Crippen LogP contribution is -2.19. The molecule has 1 aromatic heterocycles. The molecule has 0 amide bonds. The Hall–Kier alpha value is -2.63. The maximum atomic E-state index is 14.0. The van der Waals surface area contributed by atoms with Gasteiger partial charge < -0.3 is 9.30 Å². The molecule has 0 saturated heterocycles. The van der Waals surface area contributed by atoms with Crippen molar-refractivity contribution in [2.75, 3.05) is 6.73 Å². The minimum atomic E-state index is -0.437. The van der Waals surface area contributed by atoms with Crippen molar-refractivity contribution in [2.24, 2.45) is 5.73 Å². The molecule has 0 aliphatic rings. The number of halogens is 2. The van der Waals surface area contributed by atoms with E-state index in [-0.39, 0.29) is 18.8 Å². The summed E-state index contributed by atoms with van der Waals surface area (Å²) in [5.41, 5.74) is 7.29. The van der Waals surface area contributed by atoms with Crippen molar-refractivity contribution < 1.29 is 9.13 Å². The highest BCUT2D eigenvalue weighted by Crippen LogP contribution is 2.22. The van der Waals surface area contributed by atoms with Gasteiger partial charge in [-0.2, -0.15) is 0 Å². The van der Waals surface area contributed by atoms with E-state index in [1.54, 1.807) is 36.5 Å². The smallest absolute Gasteiger partial charge is 0.250 e. The highest BCUT2D eigenvalue weighted by molar-refractivity contribution is 6.30. The van der Waals surface area contributed by atoms with Crippen LogP contribution in [0.3, 0.4) is 0 Å². The molecule has 0 fully saturated rings. The predicted molar refractivity (Wildman–Crippen MR) is 96.3 cm³/mol. The quantitative estimate of drug-likeness (QED) is 0.708. The highest BCUT2D eigenvalue weighted by Gasteiger charge is 2.07. The van der Waals surface area contributed by atoms with E-state index in [0.29, 0.717) is 16.3 Å². The Morgan fingerprint density at radius 3 is 2.44 bits per heavy atom. The van der Waals surface area contributed by atoms with Crippen LogP contribution in [0.25, 0.3) is 11.1 Å². The zero-order chi connectivity index (χ0) is 17.8. The Kier molecular flexibility index (Phi) is 5.16. The van der Waals surface area contributed by atoms with E-state index in [9.17, 15) is 9.18 Å². The summed E-state index contributed by atoms with van der Waals surface area (Å²) < 4.78 is 20.7. The molecule has 4 nitrogen and oxygen atoms in total. The number of pyridine rings is 1. The van der Waals surface area contributed by atoms with E-state index in [2.05, 4.69) is 0 Å². The van der Waals surface area contributed by atoms with E-state index in [1.165, 1.54) is 16.7 Å². The van der Waals surface area contributed by atoms with Crippen LogP contribution >= 0.6 is 11.6 Å². The molecule has 6 heteroatoms. The van der Waals surface area contributed by atoms with Crippen LogP contribution in [0.4, 0.5) is 4.39 Å². The van der Waals surface area contributed by atoms with Crippen molar-refractivity contribution in [1.29, 1.82) is 0 Å². The second kappa shape index (κ2) is 7.51. The fourth-order valence-corrected chi connectivity index (χ4v) is 2.66. The van der Waals surface area contributed by atoms with E-state index < -0.39 is 5.82 Å². The van der Waals surface area contributed by atoms with Gasteiger partial charge in [0, 0.05) is 22.8 Å². The first-order valence-electron chi connectivity index (χ1n) is 7.64. The molecule has 1 heterocycles. The fraction of sp³-hybridized carbons (Fsp3) is 0.105. The van der Waals surface area contributed by atoms with Crippen molar-refractivity contribution in [1.82, 2.24) is 4.57 Å². The molecule has 0 aliphatic carbocycles.